The highest BCUT2D eigenvalue weighted by molar-refractivity contribution is 8.14. The van der Waals surface area contributed by atoms with E-state index in [1.807, 2.05) is 0 Å². The Hall–Kier alpha value is -0.580. The molecule has 26 heavy (non-hydrogen) atoms. The SMILES string of the molecule is CS(=O)/C=C/CC/C(=N/OS(=O)(=O)[O-])S[C@@H]1O[C@H](CO)[C@@H](O)[C@H](O)[C@H]1O. The second kappa shape index (κ2) is 10.7. The van der Waals surface area contributed by atoms with Crippen LogP contribution in [0.3, 0.4) is 0 Å². The van der Waals surface area contributed by atoms with Gasteiger partial charge >= 0.3 is 0 Å². The Bertz CT molecular complexity index is 635. The zero-order valence-electron chi connectivity index (χ0n) is 13.6. The summed E-state index contributed by atoms with van der Waals surface area (Å²) in [5.74, 6) is 0. The van der Waals surface area contributed by atoms with Gasteiger partial charge in [-0.2, -0.15) is 8.42 Å². The van der Waals surface area contributed by atoms with Crippen LogP contribution in [0.15, 0.2) is 16.6 Å². The van der Waals surface area contributed by atoms with Crippen molar-refractivity contribution in [3.63, 3.8) is 0 Å². The molecule has 4 N–H and O–H groups in total. The van der Waals surface area contributed by atoms with Crippen LogP contribution in [0.4, 0.5) is 0 Å². The molecule has 0 spiro atoms. The van der Waals surface area contributed by atoms with Crippen molar-refractivity contribution >= 4 is 38.0 Å². The quantitative estimate of drug-likeness (QED) is 0.109. The molecule has 0 aliphatic carbocycles. The van der Waals surface area contributed by atoms with Gasteiger partial charge in [-0.15, -0.1) is 0 Å². The van der Waals surface area contributed by atoms with Crippen LogP contribution in [-0.4, -0.2) is 85.4 Å². The molecule has 11 nitrogen and oxygen atoms in total. The largest absolute Gasteiger partial charge is 0.714 e. The first kappa shape index (κ1) is 23.5. The normalized spacial score (nSPS) is 31.9. The summed E-state index contributed by atoms with van der Waals surface area (Å²) >= 11 is 0.656. The summed E-state index contributed by atoms with van der Waals surface area (Å²) in [5.41, 5.74) is -1.22. The highest BCUT2D eigenvalue weighted by atomic mass is 32.3. The van der Waals surface area contributed by atoms with Crippen LogP contribution in [0, 0.1) is 0 Å². The molecule has 0 amide bonds. The van der Waals surface area contributed by atoms with Crippen molar-refractivity contribution in [3.8, 4) is 0 Å². The molecule has 152 valence electrons. The van der Waals surface area contributed by atoms with Gasteiger partial charge in [-0.1, -0.05) is 23.0 Å². The maximum absolute atomic E-state index is 11.0. The van der Waals surface area contributed by atoms with Gasteiger partial charge in [0.2, 0.25) is 0 Å². The number of thioether (sulfide) groups is 1. The number of allylic oxidation sites excluding steroid dienone is 1. The molecule has 1 aliphatic rings. The highest BCUT2D eigenvalue weighted by Crippen LogP contribution is 2.30. The van der Waals surface area contributed by atoms with E-state index in [4.69, 9.17) is 9.84 Å². The van der Waals surface area contributed by atoms with E-state index in [0.717, 1.165) is 0 Å². The second-order valence-electron chi connectivity index (χ2n) is 5.19. The number of aliphatic hydroxyl groups is 4. The Labute approximate surface area is 157 Å². The number of aliphatic hydroxyl groups excluding tert-OH is 4. The minimum atomic E-state index is -5.10. The third-order valence-corrected chi connectivity index (χ3v) is 5.15. The minimum Gasteiger partial charge on any atom is -0.714 e. The molecule has 1 rings (SSSR count). The number of nitrogens with zero attached hydrogens (tertiary/aromatic N) is 1. The molecule has 6 atom stereocenters. The van der Waals surface area contributed by atoms with Gasteiger partial charge in [0.1, 0.15) is 34.9 Å². The van der Waals surface area contributed by atoms with E-state index in [1.54, 1.807) is 0 Å². The predicted molar refractivity (Wildman–Crippen MR) is 92.0 cm³/mol. The van der Waals surface area contributed by atoms with E-state index in [0.29, 0.717) is 11.8 Å². The van der Waals surface area contributed by atoms with E-state index in [9.17, 15) is 32.5 Å². The molecule has 14 heteroatoms. The van der Waals surface area contributed by atoms with E-state index in [-0.39, 0.29) is 17.9 Å². The van der Waals surface area contributed by atoms with Crippen molar-refractivity contribution in [3.05, 3.63) is 11.5 Å². The van der Waals surface area contributed by atoms with Crippen molar-refractivity contribution in [2.75, 3.05) is 12.9 Å². The van der Waals surface area contributed by atoms with Gasteiger partial charge in [-0.25, -0.2) is 0 Å². The minimum absolute atomic E-state index is 0.0446. The van der Waals surface area contributed by atoms with E-state index < -0.39 is 57.7 Å². The van der Waals surface area contributed by atoms with Gasteiger partial charge in [-0.3, -0.25) is 8.49 Å². The van der Waals surface area contributed by atoms with Gasteiger partial charge in [0.15, 0.2) is 0 Å². The molecule has 1 heterocycles. The van der Waals surface area contributed by atoms with Crippen LogP contribution in [0.5, 0.6) is 0 Å². The Kier molecular flexibility index (Phi) is 9.63. The first-order chi connectivity index (χ1) is 12.0. The summed E-state index contributed by atoms with van der Waals surface area (Å²) in [7, 11) is -6.29. The average molecular weight is 434 g/mol. The Morgan fingerprint density at radius 2 is 2.00 bits per heavy atom. The Morgan fingerprint density at radius 1 is 1.35 bits per heavy atom. The van der Waals surface area contributed by atoms with Gasteiger partial charge in [0.05, 0.1) is 6.61 Å². The van der Waals surface area contributed by atoms with Gasteiger partial charge < -0.3 is 29.7 Å². The second-order valence-corrected chi connectivity index (χ2v) is 8.60. The molecule has 1 unspecified atom stereocenters. The molecule has 0 aromatic carbocycles. The predicted octanol–water partition coefficient (Wildman–Crippen LogP) is -2.02. The zero-order chi connectivity index (χ0) is 19.9. The van der Waals surface area contributed by atoms with Crippen molar-refractivity contribution in [2.24, 2.45) is 5.16 Å². The number of ether oxygens (including phenoxy) is 1. The van der Waals surface area contributed by atoms with Crippen molar-refractivity contribution in [1.82, 2.24) is 0 Å². The molecule has 0 radical (unpaired) electrons. The summed E-state index contributed by atoms with van der Waals surface area (Å²) in [6.45, 7) is -0.634. The third kappa shape index (κ3) is 7.98. The van der Waals surface area contributed by atoms with Crippen LogP contribution in [0.25, 0.3) is 0 Å². The third-order valence-electron chi connectivity index (χ3n) is 3.14. The summed E-state index contributed by atoms with van der Waals surface area (Å²) < 4.78 is 51.8. The number of hydrogen-bond acceptors (Lipinski definition) is 12. The Morgan fingerprint density at radius 3 is 2.54 bits per heavy atom. The van der Waals surface area contributed by atoms with Crippen LogP contribution in [-0.2, 0) is 30.2 Å². The topological polar surface area (TPSA) is 186 Å². The highest BCUT2D eigenvalue weighted by Gasteiger charge is 2.44. The summed E-state index contributed by atoms with van der Waals surface area (Å²) in [6, 6.07) is 0. The zero-order valence-corrected chi connectivity index (χ0v) is 16.0. The first-order valence-corrected chi connectivity index (χ1v) is 11.1. The van der Waals surface area contributed by atoms with Crippen LogP contribution < -0.4 is 0 Å². The molecule has 1 fully saturated rings. The summed E-state index contributed by atoms with van der Waals surface area (Å²) in [6.07, 6.45) is -2.62. The molecule has 1 aliphatic heterocycles. The smallest absolute Gasteiger partial charge is 0.284 e. The lowest BCUT2D eigenvalue weighted by molar-refractivity contribution is -0.205. The van der Waals surface area contributed by atoms with Crippen LogP contribution >= 0.6 is 11.8 Å². The summed E-state index contributed by atoms with van der Waals surface area (Å²) in [4.78, 5) is 0. The van der Waals surface area contributed by atoms with Crippen molar-refractivity contribution in [2.45, 2.75) is 42.7 Å². The summed E-state index contributed by atoms with van der Waals surface area (Å²) in [5, 5.41) is 43.1. The lowest BCUT2D eigenvalue weighted by atomic mass is 10.0. The lowest BCUT2D eigenvalue weighted by Gasteiger charge is -2.39. The molecule has 1 saturated heterocycles. The lowest BCUT2D eigenvalue weighted by Crippen LogP contribution is -2.57. The average Bonchev–Trinajstić information content (AvgIpc) is 2.55. The fourth-order valence-corrected chi connectivity index (χ4v) is 3.64. The van der Waals surface area contributed by atoms with Crippen LogP contribution in [0.2, 0.25) is 0 Å². The fourth-order valence-electron chi connectivity index (χ4n) is 1.92. The number of oxime groups is 1. The maximum Gasteiger partial charge on any atom is 0.284 e. The van der Waals surface area contributed by atoms with Crippen molar-refractivity contribution < 1.29 is 46.6 Å². The van der Waals surface area contributed by atoms with Gasteiger partial charge in [0.25, 0.3) is 10.4 Å². The van der Waals surface area contributed by atoms with E-state index in [1.165, 1.54) is 17.7 Å². The molecular formula is C12H20NO10S3-. The first-order valence-electron chi connectivity index (χ1n) is 7.22. The Balaban J connectivity index is 2.87. The molecule has 0 saturated carbocycles. The van der Waals surface area contributed by atoms with Gasteiger partial charge in [-0.05, 0) is 11.8 Å². The van der Waals surface area contributed by atoms with E-state index in [2.05, 4.69) is 9.44 Å². The molecular weight excluding hydrogens is 414 g/mol. The fraction of sp³-hybridized carbons (Fsp3) is 0.750. The molecule has 0 aromatic rings. The molecule has 0 aromatic heterocycles. The standard InChI is InChI=1S/C12H21NO10S3/c1-25(18)5-3-2-4-8(13-23-26(19,20)21)24-12-11(17)10(16)9(15)7(6-14)22-12/h3,5,7,9-12,14-17H,2,4,6H2,1H3,(H,19,20,21)/p-1/b5-3+,13-8-/t7-,9-,10+,11-,12+,25?/m1/s1. The van der Waals surface area contributed by atoms with E-state index >= 15 is 0 Å². The van der Waals surface area contributed by atoms with Gasteiger partial charge in [0, 0.05) is 23.5 Å². The monoisotopic (exact) mass is 434 g/mol. The van der Waals surface area contributed by atoms with Crippen LogP contribution in [0.1, 0.15) is 12.8 Å². The van der Waals surface area contributed by atoms with Crippen molar-refractivity contribution in [1.29, 1.82) is 0 Å². The number of rotatable bonds is 8. The maximum atomic E-state index is 11.0. The molecule has 0 bridgehead atoms. The number of hydrogen-bond donors (Lipinski definition) is 4.